The van der Waals surface area contributed by atoms with Crippen LogP contribution in [0.3, 0.4) is 0 Å². The minimum absolute atomic E-state index is 0.258. The van der Waals surface area contributed by atoms with Gasteiger partial charge in [-0.3, -0.25) is 0 Å². The van der Waals surface area contributed by atoms with Crippen LogP contribution in [0.25, 0.3) is 11.4 Å². The van der Waals surface area contributed by atoms with Crippen molar-refractivity contribution in [2.45, 2.75) is 6.04 Å². The van der Waals surface area contributed by atoms with Gasteiger partial charge in [-0.05, 0) is 22.9 Å². The van der Waals surface area contributed by atoms with Gasteiger partial charge in [-0.1, -0.05) is 42.5 Å². The number of aromatic nitrogens is 4. The molecule has 0 fully saturated rings. The number of halogens is 1. The van der Waals surface area contributed by atoms with Gasteiger partial charge in [0.1, 0.15) is 11.9 Å². The third-order valence-corrected chi connectivity index (χ3v) is 3.20. The van der Waals surface area contributed by atoms with Crippen LogP contribution in [-0.4, -0.2) is 26.8 Å². The fraction of sp³-hybridized carbons (Fsp3) is 0.133. The number of nitrogens with two attached hydrogens (primary N) is 1. The Labute approximate surface area is 121 Å². The summed E-state index contributed by atoms with van der Waals surface area (Å²) in [6, 6.07) is 15.5. The van der Waals surface area contributed by atoms with E-state index in [1.807, 2.05) is 30.3 Å². The van der Waals surface area contributed by atoms with E-state index in [1.54, 1.807) is 12.1 Å². The smallest absolute Gasteiger partial charge is 0.204 e. The lowest BCUT2D eigenvalue weighted by atomic mass is 10.1. The minimum atomic E-state index is -0.342. The van der Waals surface area contributed by atoms with E-state index in [2.05, 4.69) is 15.4 Å². The Morgan fingerprint density at radius 2 is 1.90 bits per heavy atom. The molecule has 3 aromatic rings. The summed E-state index contributed by atoms with van der Waals surface area (Å²) in [5.41, 5.74) is 7.37. The second-order valence-electron chi connectivity index (χ2n) is 4.61. The molecule has 0 saturated heterocycles. The maximum absolute atomic E-state index is 13.3. The summed E-state index contributed by atoms with van der Waals surface area (Å²) in [5, 5.41) is 12.4. The highest BCUT2D eigenvalue weighted by Gasteiger charge is 2.16. The quantitative estimate of drug-likeness (QED) is 0.795. The number of rotatable bonds is 4. The van der Waals surface area contributed by atoms with E-state index in [1.165, 1.54) is 16.9 Å². The first kappa shape index (κ1) is 13.4. The predicted molar refractivity (Wildman–Crippen MR) is 76.8 cm³/mol. The molecule has 3 rings (SSSR count). The van der Waals surface area contributed by atoms with Crippen molar-refractivity contribution >= 4 is 0 Å². The normalized spacial score (nSPS) is 12.3. The first-order valence-electron chi connectivity index (χ1n) is 6.58. The average molecular weight is 283 g/mol. The highest BCUT2D eigenvalue weighted by molar-refractivity contribution is 5.53. The van der Waals surface area contributed by atoms with Crippen LogP contribution >= 0.6 is 0 Å². The summed E-state index contributed by atoms with van der Waals surface area (Å²) in [5.74, 6) is 0.208. The fourth-order valence-corrected chi connectivity index (χ4v) is 2.14. The van der Waals surface area contributed by atoms with E-state index in [9.17, 15) is 4.39 Å². The third kappa shape index (κ3) is 2.80. The molecule has 6 heteroatoms. The molecular formula is C15H14FN5. The molecule has 0 amide bonds. The summed E-state index contributed by atoms with van der Waals surface area (Å²) < 4.78 is 13.3. The fourth-order valence-electron chi connectivity index (χ4n) is 2.14. The summed E-state index contributed by atoms with van der Waals surface area (Å²) in [6.07, 6.45) is 0. The lowest BCUT2D eigenvalue weighted by Crippen LogP contribution is -2.22. The van der Waals surface area contributed by atoms with Crippen molar-refractivity contribution in [2.75, 3.05) is 6.54 Å². The van der Waals surface area contributed by atoms with E-state index < -0.39 is 0 Å². The van der Waals surface area contributed by atoms with E-state index >= 15 is 0 Å². The molecule has 0 bridgehead atoms. The van der Waals surface area contributed by atoms with E-state index in [0.29, 0.717) is 5.82 Å². The average Bonchev–Trinajstić information content (AvgIpc) is 2.99. The van der Waals surface area contributed by atoms with E-state index in [-0.39, 0.29) is 18.4 Å². The summed E-state index contributed by atoms with van der Waals surface area (Å²) in [4.78, 5) is 1.43. The van der Waals surface area contributed by atoms with Gasteiger partial charge in [0, 0.05) is 12.1 Å². The van der Waals surface area contributed by atoms with Gasteiger partial charge in [0.15, 0.2) is 0 Å². The van der Waals surface area contributed by atoms with Crippen LogP contribution in [0.2, 0.25) is 0 Å². The standard InChI is InChI=1S/C15H14FN5/c16-13-8-4-7-12(9-13)14(10-17)21-19-15(18-20-21)11-5-2-1-3-6-11/h1-9,14H,10,17H2. The molecular weight excluding hydrogens is 269 g/mol. The predicted octanol–water partition coefficient (Wildman–Crippen LogP) is 2.03. The van der Waals surface area contributed by atoms with Crippen LogP contribution in [-0.2, 0) is 0 Å². The summed E-state index contributed by atoms with van der Waals surface area (Å²) in [7, 11) is 0. The number of tetrazole rings is 1. The lowest BCUT2D eigenvalue weighted by Gasteiger charge is -2.13. The van der Waals surface area contributed by atoms with Crippen molar-refractivity contribution in [1.82, 2.24) is 20.2 Å². The maximum Gasteiger partial charge on any atom is 0.204 e. The van der Waals surface area contributed by atoms with Crippen molar-refractivity contribution in [3.63, 3.8) is 0 Å². The minimum Gasteiger partial charge on any atom is -0.328 e. The molecule has 2 N–H and O–H groups in total. The van der Waals surface area contributed by atoms with Gasteiger partial charge < -0.3 is 5.73 Å². The third-order valence-electron chi connectivity index (χ3n) is 3.20. The molecule has 1 aromatic heterocycles. The van der Waals surface area contributed by atoms with Crippen LogP contribution in [0.15, 0.2) is 54.6 Å². The van der Waals surface area contributed by atoms with Gasteiger partial charge in [-0.15, -0.1) is 10.2 Å². The van der Waals surface area contributed by atoms with Crippen LogP contribution in [0, 0.1) is 5.82 Å². The second-order valence-corrected chi connectivity index (χ2v) is 4.61. The molecule has 21 heavy (non-hydrogen) atoms. The first-order valence-corrected chi connectivity index (χ1v) is 6.58. The van der Waals surface area contributed by atoms with Crippen LogP contribution < -0.4 is 5.73 Å². The Morgan fingerprint density at radius 1 is 1.10 bits per heavy atom. The highest BCUT2D eigenvalue weighted by atomic mass is 19.1. The van der Waals surface area contributed by atoms with E-state index in [4.69, 9.17) is 5.73 Å². The topological polar surface area (TPSA) is 69.6 Å². The molecule has 5 nitrogen and oxygen atoms in total. The van der Waals surface area contributed by atoms with Crippen molar-refractivity contribution in [1.29, 1.82) is 0 Å². The molecule has 1 heterocycles. The molecule has 2 aromatic carbocycles. The number of hydrogen-bond donors (Lipinski definition) is 1. The number of nitrogens with zero attached hydrogens (tertiary/aromatic N) is 4. The van der Waals surface area contributed by atoms with Crippen molar-refractivity contribution in [3.8, 4) is 11.4 Å². The number of hydrogen-bond acceptors (Lipinski definition) is 4. The summed E-state index contributed by atoms with van der Waals surface area (Å²) >= 11 is 0. The lowest BCUT2D eigenvalue weighted by molar-refractivity contribution is 0.456. The molecule has 0 radical (unpaired) electrons. The van der Waals surface area contributed by atoms with Gasteiger partial charge in [-0.2, -0.15) is 4.80 Å². The Hall–Kier alpha value is -2.60. The van der Waals surface area contributed by atoms with Gasteiger partial charge in [0.05, 0.1) is 0 Å². The molecule has 0 saturated carbocycles. The van der Waals surface area contributed by atoms with Crippen LogP contribution in [0.4, 0.5) is 4.39 Å². The Kier molecular flexibility index (Phi) is 3.70. The van der Waals surface area contributed by atoms with Crippen LogP contribution in [0.1, 0.15) is 11.6 Å². The van der Waals surface area contributed by atoms with Gasteiger partial charge in [-0.25, -0.2) is 4.39 Å². The monoisotopic (exact) mass is 283 g/mol. The number of benzene rings is 2. The van der Waals surface area contributed by atoms with Gasteiger partial charge in [0.25, 0.3) is 0 Å². The van der Waals surface area contributed by atoms with Gasteiger partial charge >= 0.3 is 0 Å². The Balaban J connectivity index is 1.94. The zero-order chi connectivity index (χ0) is 14.7. The summed E-state index contributed by atoms with van der Waals surface area (Å²) in [6.45, 7) is 0.258. The zero-order valence-electron chi connectivity index (χ0n) is 11.2. The molecule has 106 valence electrons. The molecule has 0 spiro atoms. The largest absolute Gasteiger partial charge is 0.328 e. The molecule has 0 aliphatic heterocycles. The van der Waals surface area contributed by atoms with Crippen molar-refractivity contribution in [3.05, 3.63) is 66.0 Å². The van der Waals surface area contributed by atoms with Crippen LogP contribution in [0.5, 0.6) is 0 Å². The SMILES string of the molecule is NCC(c1cccc(F)c1)n1nnc(-c2ccccc2)n1. The van der Waals surface area contributed by atoms with E-state index in [0.717, 1.165) is 11.1 Å². The van der Waals surface area contributed by atoms with Crippen molar-refractivity contribution in [2.24, 2.45) is 5.73 Å². The Morgan fingerprint density at radius 3 is 2.62 bits per heavy atom. The molecule has 0 aliphatic carbocycles. The van der Waals surface area contributed by atoms with Gasteiger partial charge in [0.2, 0.25) is 5.82 Å². The van der Waals surface area contributed by atoms with Crippen molar-refractivity contribution < 1.29 is 4.39 Å². The maximum atomic E-state index is 13.3. The highest BCUT2D eigenvalue weighted by Crippen LogP contribution is 2.18. The molecule has 1 unspecified atom stereocenters. The second kappa shape index (κ2) is 5.80. The Bertz CT molecular complexity index is 726. The molecule has 1 atom stereocenters. The first-order chi connectivity index (χ1) is 10.3. The molecule has 0 aliphatic rings. The zero-order valence-corrected chi connectivity index (χ0v) is 11.2.